The minimum atomic E-state index is -0.765. The van der Waals surface area contributed by atoms with E-state index in [1.165, 1.54) is 12.1 Å². The Morgan fingerprint density at radius 3 is 2.45 bits per heavy atom. The third kappa shape index (κ3) is 3.97. The van der Waals surface area contributed by atoms with Crippen molar-refractivity contribution in [3.8, 4) is 11.5 Å². The summed E-state index contributed by atoms with van der Waals surface area (Å²) < 4.78 is 24.1. The lowest BCUT2D eigenvalue weighted by molar-refractivity contribution is -0.122. The number of hydrogen-bond donors (Lipinski definition) is 1. The molecule has 116 valence electrons. The minimum Gasteiger partial charge on any atom is -0.497 e. The molecule has 1 atom stereocenters. The molecule has 4 nitrogen and oxygen atoms in total. The minimum absolute atomic E-state index is 0.0687. The van der Waals surface area contributed by atoms with Gasteiger partial charge in [-0.05, 0) is 42.8 Å². The first-order chi connectivity index (χ1) is 10.6. The Kier molecular flexibility index (Phi) is 5.36. The summed E-state index contributed by atoms with van der Waals surface area (Å²) in [5.74, 6) is -0.0407. The van der Waals surface area contributed by atoms with Gasteiger partial charge in [0.15, 0.2) is 17.7 Å². The van der Waals surface area contributed by atoms with Gasteiger partial charge in [0.2, 0.25) is 0 Å². The van der Waals surface area contributed by atoms with Gasteiger partial charge in [-0.15, -0.1) is 0 Å². The molecule has 0 spiro atoms. The normalized spacial score (nSPS) is 11.6. The molecule has 0 aliphatic rings. The highest BCUT2D eigenvalue weighted by molar-refractivity contribution is 5.94. The number of nitrogens with one attached hydrogen (secondary N) is 1. The van der Waals surface area contributed by atoms with Crippen molar-refractivity contribution in [2.75, 3.05) is 12.4 Å². The van der Waals surface area contributed by atoms with Crippen LogP contribution in [-0.4, -0.2) is 19.1 Å². The summed E-state index contributed by atoms with van der Waals surface area (Å²) in [6, 6.07) is 13.0. The zero-order valence-electron chi connectivity index (χ0n) is 12.5. The lowest BCUT2D eigenvalue weighted by Gasteiger charge is -2.17. The zero-order chi connectivity index (χ0) is 15.9. The van der Waals surface area contributed by atoms with Crippen molar-refractivity contribution < 1.29 is 18.7 Å². The van der Waals surface area contributed by atoms with Crippen LogP contribution >= 0.6 is 0 Å². The summed E-state index contributed by atoms with van der Waals surface area (Å²) in [7, 11) is 1.57. The van der Waals surface area contributed by atoms with Crippen LogP contribution in [-0.2, 0) is 4.79 Å². The van der Waals surface area contributed by atoms with Crippen molar-refractivity contribution in [1.29, 1.82) is 0 Å². The Hall–Kier alpha value is -2.56. The van der Waals surface area contributed by atoms with E-state index in [9.17, 15) is 9.18 Å². The standard InChI is InChI=1S/C17H18FNO3/c1-3-15(22-16-7-5-4-6-14(16)18)17(20)19-12-8-10-13(21-2)11-9-12/h4-11,15H,3H2,1-2H3,(H,19,20)/t15-/m0/s1. The van der Waals surface area contributed by atoms with Gasteiger partial charge in [-0.1, -0.05) is 19.1 Å². The largest absolute Gasteiger partial charge is 0.497 e. The van der Waals surface area contributed by atoms with Crippen molar-refractivity contribution in [1.82, 2.24) is 0 Å². The molecular formula is C17H18FNO3. The maximum atomic E-state index is 13.6. The molecule has 0 saturated carbocycles. The molecule has 2 aromatic carbocycles. The predicted molar refractivity (Wildman–Crippen MR) is 82.7 cm³/mol. The maximum absolute atomic E-state index is 13.6. The second-order valence-electron chi connectivity index (χ2n) is 4.66. The maximum Gasteiger partial charge on any atom is 0.265 e. The fraction of sp³-hybridized carbons (Fsp3) is 0.235. The van der Waals surface area contributed by atoms with Crippen LogP contribution in [0, 0.1) is 5.82 Å². The summed E-state index contributed by atoms with van der Waals surface area (Å²) in [4.78, 5) is 12.2. The van der Waals surface area contributed by atoms with E-state index in [0.717, 1.165) is 0 Å². The molecule has 1 N–H and O–H groups in total. The molecule has 0 radical (unpaired) electrons. The van der Waals surface area contributed by atoms with Crippen molar-refractivity contribution in [3.63, 3.8) is 0 Å². The predicted octanol–water partition coefficient (Wildman–Crippen LogP) is 3.63. The third-order valence-corrected chi connectivity index (χ3v) is 3.13. The molecule has 0 saturated heterocycles. The second-order valence-corrected chi connectivity index (χ2v) is 4.66. The molecule has 0 unspecified atom stereocenters. The molecule has 0 aliphatic heterocycles. The smallest absolute Gasteiger partial charge is 0.265 e. The van der Waals surface area contributed by atoms with Crippen LogP contribution in [0.5, 0.6) is 11.5 Å². The van der Waals surface area contributed by atoms with E-state index in [1.54, 1.807) is 50.4 Å². The number of para-hydroxylation sites is 1. The van der Waals surface area contributed by atoms with Crippen LogP contribution in [0.3, 0.4) is 0 Å². The number of anilines is 1. The summed E-state index contributed by atoms with van der Waals surface area (Å²) in [6.07, 6.45) is -0.338. The highest BCUT2D eigenvalue weighted by Gasteiger charge is 2.19. The van der Waals surface area contributed by atoms with Crippen LogP contribution in [0.25, 0.3) is 0 Å². The van der Waals surface area contributed by atoms with Crippen molar-refractivity contribution in [2.24, 2.45) is 0 Å². The molecule has 0 heterocycles. The molecule has 0 aromatic heterocycles. The Morgan fingerprint density at radius 1 is 1.18 bits per heavy atom. The van der Waals surface area contributed by atoms with Gasteiger partial charge in [0, 0.05) is 5.69 Å². The van der Waals surface area contributed by atoms with Gasteiger partial charge in [0.1, 0.15) is 5.75 Å². The van der Waals surface area contributed by atoms with Gasteiger partial charge >= 0.3 is 0 Å². The summed E-state index contributed by atoms with van der Waals surface area (Å²) in [6.45, 7) is 1.80. The van der Waals surface area contributed by atoms with Gasteiger partial charge < -0.3 is 14.8 Å². The number of hydrogen-bond acceptors (Lipinski definition) is 3. The molecule has 2 aromatic rings. The van der Waals surface area contributed by atoms with Crippen LogP contribution in [0.15, 0.2) is 48.5 Å². The molecule has 2 rings (SSSR count). The number of rotatable bonds is 6. The number of carbonyl (C=O) groups is 1. The molecule has 0 aliphatic carbocycles. The molecule has 0 bridgehead atoms. The fourth-order valence-corrected chi connectivity index (χ4v) is 1.91. The van der Waals surface area contributed by atoms with Crippen LogP contribution in [0.2, 0.25) is 0 Å². The van der Waals surface area contributed by atoms with E-state index in [4.69, 9.17) is 9.47 Å². The topological polar surface area (TPSA) is 47.6 Å². The molecule has 22 heavy (non-hydrogen) atoms. The highest BCUT2D eigenvalue weighted by Crippen LogP contribution is 2.20. The summed E-state index contributed by atoms with van der Waals surface area (Å²) >= 11 is 0. The zero-order valence-corrected chi connectivity index (χ0v) is 12.5. The van der Waals surface area contributed by atoms with E-state index in [0.29, 0.717) is 17.9 Å². The Bertz CT molecular complexity index is 628. The van der Waals surface area contributed by atoms with Gasteiger partial charge in [0.25, 0.3) is 5.91 Å². The quantitative estimate of drug-likeness (QED) is 0.886. The molecule has 5 heteroatoms. The third-order valence-electron chi connectivity index (χ3n) is 3.13. The van der Waals surface area contributed by atoms with Gasteiger partial charge in [-0.25, -0.2) is 4.39 Å². The number of amides is 1. The monoisotopic (exact) mass is 303 g/mol. The molecular weight excluding hydrogens is 285 g/mol. The Balaban J connectivity index is 2.03. The van der Waals surface area contributed by atoms with E-state index in [2.05, 4.69) is 5.32 Å². The number of halogens is 1. The number of carbonyl (C=O) groups excluding carboxylic acids is 1. The van der Waals surface area contributed by atoms with Crippen molar-refractivity contribution >= 4 is 11.6 Å². The summed E-state index contributed by atoms with van der Waals surface area (Å²) in [5, 5.41) is 2.74. The fourth-order valence-electron chi connectivity index (χ4n) is 1.91. The molecule has 1 amide bonds. The SMILES string of the molecule is CC[C@H](Oc1ccccc1F)C(=O)Nc1ccc(OC)cc1. The first kappa shape index (κ1) is 15.8. The van der Waals surface area contributed by atoms with Crippen LogP contribution in [0.4, 0.5) is 10.1 Å². The second kappa shape index (κ2) is 7.45. The summed E-state index contributed by atoms with van der Waals surface area (Å²) in [5.41, 5.74) is 0.626. The lowest BCUT2D eigenvalue weighted by atomic mass is 10.2. The molecule has 0 fully saturated rings. The first-order valence-electron chi connectivity index (χ1n) is 7.00. The van der Waals surface area contributed by atoms with Crippen LogP contribution in [0.1, 0.15) is 13.3 Å². The van der Waals surface area contributed by atoms with Gasteiger partial charge in [-0.2, -0.15) is 0 Å². The van der Waals surface area contributed by atoms with Crippen molar-refractivity contribution in [3.05, 3.63) is 54.3 Å². The first-order valence-corrected chi connectivity index (χ1v) is 7.00. The average molecular weight is 303 g/mol. The van der Waals surface area contributed by atoms with Gasteiger partial charge in [-0.3, -0.25) is 4.79 Å². The van der Waals surface area contributed by atoms with Crippen molar-refractivity contribution in [2.45, 2.75) is 19.4 Å². The Morgan fingerprint density at radius 2 is 1.86 bits per heavy atom. The number of ether oxygens (including phenoxy) is 2. The van der Waals surface area contributed by atoms with Crippen LogP contribution < -0.4 is 14.8 Å². The lowest BCUT2D eigenvalue weighted by Crippen LogP contribution is -2.32. The van der Waals surface area contributed by atoms with Gasteiger partial charge in [0.05, 0.1) is 7.11 Å². The van der Waals surface area contributed by atoms with E-state index in [1.807, 2.05) is 0 Å². The highest BCUT2D eigenvalue weighted by atomic mass is 19.1. The van der Waals surface area contributed by atoms with E-state index in [-0.39, 0.29) is 11.7 Å². The average Bonchev–Trinajstić information content (AvgIpc) is 2.54. The Labute approximate surface area is 128 Å². The van der Waals surface area contributed by atoms with E-state index < -0.39 is 11.9 Å². The number of benzene rings is 2. The van der Waals surface area contributed by atoms with E-state index >= 15 is 0 Å². The number of methoxy groups -OCH3 is 1.